The van der Waals surface area contributed by atoms with E-state index in [1.54, 1.807) is 11.9 Å². The van der Waals surface area contributed by atoms with E-state index in [1.807, 2.05) is 0 Å². The van der Waals surface area contributed by atoms with Crippen LogP contribution in [0.15, 0.2) is 0 Å². The SMILES string of the molecule is COC(=O)CCN(C)C(=O)CCCCBr. The Morgan fingerprint density at radius 3 is 2.47 bits per heavy atom. The Balaban J connectivity index is 3.64. The van der Waals surface area contributed by atoms with Crippen molar-refractivity contribution >= 4 is 27.8 Å². The molecule has 0 N–H and O–H groups in total. The fourth-order valence-corrected chi connectivity index (χ4v) is 1.44. The standard InChI is InChI=1S/C10H18BrNO3/c1-12(8-6-10(14)15-2)9(13)5-3-4-7-11/h3-8H2,1-2H3. The van der Waals surface area contributed by atoms with Crippen LogP contribution in [0.25, 0.3) is 0 Å². The number of amides is 1. The number of carbonyl (C=O) groups excluding carboxylic acids is 2. The Kier molecular flexibility index (Phi) is 8.37. The first kappa shape index (κ1) is 14.4. The van der Waals surface area contributed by atoms with Crippen LogP contribution in [0.1, 0.15) is 25.7 Å². The summed E-state index contributed by atoms with van der Waals surface area (Å²) in [5.41, 5.74) is 0. The van der Waals surface area contributed by atoms with E-state index in [0.717, 1.165) is 18.2 Å². The summed E-state index contributed by atoms with van der Waals surface area (Å²) < 4.78 is 4.50. The van der Waals surface area contributed by atoms with Gasteiger partial charge in [0.15, 0.2) is 0 Å². The predicted octanol–water partition coefficient (Wildman–Crippen LogP) is 1.57. The molecule has 0 spiro atoms. The molecule has 5 heteroatoms. The minimum Gasteiger partial charge on any atom is -0.469 e. The zero-order valence-corrected chi connectivity index (χ0v) is 10.9. The first-order valence-corrected chi connectivity index (χ1v) is 6.10. The van der Waals surface area contributed by atoms with Crippen LogP contribution in [0.4, 0.5) is 0 Å². The highest BCUT2D eigenvalue weighted by atomic mass is 79.9. The van der Waals surface area contributed by atoms with Gasteiger partial charge >= 0.3 is 5.97 Å². The van der Waals surface area contributed by atoms with Gasteiger partial charge in [-0.05, 0) is 12.8 Å². The molecule has 0 fully saturated rings. The quantitative estimate of drug-likeness (QED) is 0.404. The molecule has 15 heavy (non-hydrogen) atoms. The minimum atomic E-state index is -0.282. The molecule has 0 bridgehead atoms. The molecule has 0 atom stereocenters. The van der Waals surface area contributed by atoms with Crippen LogP contribution in [0.3, 0.4) is 0 Å². The highest BCUT2D eigenvalue weighted by Crippen LogP contribution is 2.02. The van der Waals surface area contributed by atoms with Gasteiger partial charge in [0, 0.05) is 25.3 Å². The maximum absolute atomic E-state index is 11.5. The summed E-state index contributed by atoms with van der Waals surface area (Å²) in [4.78, 5) is 23.9. The van der Waals surface area contributed by atoms with Crippen LogP contribution < -0.4 is 0 Å². The largest absolute Gasteiger partial charge is 0.469 e. The molecule has 0 unspecified atom stereocenters. The van der Waals surface area contributed by atoms with Crippen molar-refractivity contribution in [3.63, 3.8) is 0 Å². The summed E-state index contributed by atoms with van der Waals surface area (Å²) in [5.74, 6) is -0.199. The Bertz CT molecular complexity index is 209. The van der Waals surface area contributed by atoms with Gasteiger partial charge in [0.05, 0.1) is 13.5 Å². The number of hydrogen-bond donors (Lipinski definition) is 0. The molecule has 0 aliphatic carbocycles. The summed E-state index contributed by atoms with van der Waals surface area (Å²) in [6, 6.07) is 0. The number of ether oxygens (including phenoxy) is 1. The van der Waals surface area contributed by atoms with Crippen molar-refractivity contribution in [3.05, 3.63) is 0 Å². The second kappa shape index (κ2) is 8.71. The molecule has 0 aliphatic heterocycles. The number of rotatable bonds is 7. The molecule has 0 heterocycles. The molecule has 0 radical (unpaired) electrons. The van der Waals surface area contributed by atoms with Crippen molar-refractivity contribution in [2.45, 2.75) is 25.7 Å². The van der Waals surface area contributed by atoms with Gasteiger partial charge in [0.25, 0.3) is 0 Å². The molecule has 0 aromatic carbocycles. The van der Waals surface area contributed by atoms with E-state index in [1.165, 1.54) is 7.11 Å². The maximum Gasteiger partial charge on any atom is 0.307 e. The molecule has 0 aliphatic rings. The van der Waals surface area contributed by atoms with E-state index < -0.39 is 0 Å². The normalized spacial score (nSPS) is 9.80. The number of unbranched alkanes of at least 4 members (excludes halogenated alkanes) is 1. The molecular formula is C10H18BrNO3. The fraction of sp³-hybridized carbons (Fsp3) is 0.800. The van der Waals surface area contributed by atoms with Crippen LogP contribution in [0, 0.1) is 0 Å². The van der Waals surface area contributed by atoms with Gasteiger partial charge < -0.3 is 9.64 Å². The van der Waals surface area contributed by atoms with Crippen molar-refractivity contribution in [3.8, 4) is 0 Å². The average Bonchev–Trinajstić information content (AvgIpc) is 2.25. The van der Waals surface area contributed by atoms with E-state index in [9.17, 15) is 9.59 Å². The smallest absolute Gasteiger partial charge is 0.307 e. The molecule has 88 valence electrons. The third-order valence-electron chi connectivity index (χ3n) is 2.08. The van der Waals surface area contributed by atoms with Crippen LogP contribution in [0.2, 0.25) is 0 Å². The highest BCUT2D eigenvalue weighted by molar-refractivity contribution is 9.09. The molecule has 0 aromatic rings. The Morgan fingerprint density at radius 2 is 1.93 bits per heavy atom. The monoisotopic (exact) mass is 279 g/mol. The fourth-order valence-electron chi connectivity index (χ4n) is 1.05. The summed E-state index contributed by atoms with van der Waals surface area (Å²) >= 11 is 3.31. The lowest BCUT2D eigenvalue weighted by atomic mass is 10.2. The Morgan fingerprint density at radius 1 is 1.27 bits per heavy atom. The zero-order chi connectivity index (χ0) is 11.7. The lowest BCUT2D eigenvalue weighted by Gasteiger charge is -2.16. The van der Waals surface area contributed by atoms with Gasteiger partial charge in [-0.1, -0.05) is 15.9 Å². The third-order valence-corrected chi connectivity index (χ3v) is 2.64. The first-order valence-electron chi connectivity index (χ1n) is 4.98. The third kappa shape index (κ3) is 7.36. The summed E-state index contributed by atoms with van der Waals surface area (Å²) in [5, 5.41) is 0.923. The van der Waals surface area contributed by atoms with Crippen molar-refractivity contribution < 1.29 is 14.3 Å². The second-order valence-corrected chi connectivity index (χ2v) is 4.08. The van der Waals surface area contributed by atoms with Crippen molar-refractivity contribution in [2.75, 3.05) is 26.0 Å². The number of hydrogen-bond acceptors (Lipinski definition) is 3. The molecule has 4 nitrogen and oxygen atoms in total. The zero-order valence-electron chi connectivity index (χ0n) is 9.29. The maximum atomic E-state index is 11.5. The van der Waals surface area contributed by atoms with Crippen LogP contribution in [-0.2, 0) is 14.3 Å². The minimum absolute atomic E-state index is 0.0832. The first-order chi connectivity index (χ1) is 7.11. The van der Waals surface area contributed by atoms with Crippen molar-refractivity contribution in [1.29, 1.82) is 0 Å². The van der Waals surface area contributed by atoms with Crippen LogP contribution in [0.5, 0.6) is 0 Å². The number of esters is 1. The highest BCUT2D eigenvalue weighted by Gasteiger charge is 2.09. The molecular weight excluding hydrogens is 262 g/mol. The van der Waals surface area contributed by atoms with Gasteiger partial charge in [-0.3, -0.25) is 9.59 Å². The molecule has 0 rings (SSSR count). The van der Waals surface area contributed by atoms with E-state index in [0.29, 0.717) is 13.0 Å². The topological polar surface area (TPSA) is 46.6 Å². The predicted molar refractivity (Wildman–Crippen MR) is 61.9 cm³/mol. The van der Waals surface area contributed by atoms with Gasteiger partial charge in [0.1, 0.15) is 0 Å². The summed E-state index contributed by atoms with van der Waals surface area (Å²) in [7, 11) is 3.06. The van der Waals surface area contributed by atoms with E-state index in [2.05, 4.69) is 20.7 Å². The number of methoxy groups -OCH3 is 1. The molecule has 0 saturated heterocycles. The van der Waals surface area contributed by atoms with E-state index >= 15 is 0 Å². The molecule has 1 amide bonds. The number of carbonyl (C=O) groups is 2. The van der Waals surface area contributed by atoms with Gasteiger partial charge in [-0.25, -0.2) is 0 Å². The summed E-state index contributed by atoms with van der Waals surface area (Å²) in [6.07, 6.45) is 2.68. The molecule has 0 aromatic heterocycles. The van der Waals surface area contributed by atoms with E-state index in [-0.39, 0.29) is 18.3 Å². The van der Waals surface area contributed by atoms with E-state index in [4.69, 9.17) is 0 Å². The van der Waals surface area contributed by atoms with Crippen LogP contribution >= 0.6 is 15.9 Å². The molecule has 0 saturated carbocycles. The van der Waals surface area contributed by atoms with Gasteiger partial charge in [-0.15, -0.1) is 0 Å². The number of halogens is 1. The average molecular weight is 280 g/mol. The Hall–Kier alpha value is -0.580. The lowest BCUT2D eigenvalue weighted by molar-refractivity contribution is -0.141. The van der Waals surface area contributed by atoms with Gasteiger partial charge in [0.2, 0.25) is 5.91 Å². The second-order valence-electron chi connectivity index (χ2n) is 3.29. The van der Waals surface area contributed by atoms with Gasteiger partial charge in [-0.2, -0.15) is 0 Å². The number of alkyl halides is 1. The van der Waals surface area contributed by atoms with Crippen molar-refractivity contribution in [1.82, 2.24) is 4.90 Å². The Labute approximate surface area is 99.1 Å². The van der Waals surface area contributed by atoms with Crippen molar-refractivity contribution in [2.24, 2.45) is 0 Å². The van der Waals surface area contributed by atoms with Crippen LogP contribution in [-0.4, -0.2) is 42.8 Å². The summed E-state index contributed by atoms with van der Waals surface area (Å²) in [6.45, 7) is 0.430. The lowest BCUT2D eigenvalue weighted by Crippen LogP contribution is -2.29. The number of nitrogens with zero attached hydrogens (tertiary/aromatic N) is 1.